The number of halogens is 3. The molecule has 21 heavy (non-hydrogen) atoms. The van der Waals surface area contributed by atoms with Crippen LogP contribution in [0.2, 0.25) is 0 Å². The summed E-state index contributed by atoms with van der Waals surface area (Å²) < 4.78 is 21.1. The van der Waals surface area contributed by atoms with Crippen LogP contribution in [0, 0.1) is 5.82 Å². The molecule has 2 aromatic rings. The van der Waals surface area contributed by atoms with Crippen molar-refractivity contribution in [3.63, 3.8) is 0 Å². The Bertz CT molecular complexity index is 619. The molecule has 0 radical (unpaired) electrons. The molecule has 0 aliphatic carbocycles. The van der Waals surface area contributed by atoms with Crippen molar-refractivity contribution in [2.45, 2.75) is 20.1 Å². The van der Waals surface area contributed by atoms with E-state index in [1.54, 1.807) is 12.1 Å². The van der Waals surface area contributed by atoms with E-state index >= 15 is 0 Å². The highest BCUT2D eigenvalue weighted by molar-refractivity contribution is 9.10. The highest BCUT2D eigenvalue weighted by Crippen LogP contribution is 2.27. The molecule has 5 heteroatoms. The van der Waals surface area contributed by atoms with Gasteiger partial charge in [0.1, 0.15) is 18.2 Å². The van der Waals surface area contributed by atoms with Crippen molar-refractivity contribution in [1.82, 2.24) is 5.32 Å². The fraction of sp³-hybridized carbons (Fsp3) is 0.250. The lowest BCUT2D eigenvalue weighted by Crippen LogP contribution is -2.11. The first-order valence-corrected chi connectivity index (χ1v) is 8.24. The zero-order valence-corrected chi connectivity index (χ0v) is 14.8. The second-order valence-electron chi connectivity index (χ2n) is 4.57. The van der Waals surface area contributed by atoms with Crippen molar-refractivity contribution in [2.75, 3.05) is 6.54 Å². The van der Waals surface area contributed by atoms with E-state index in [9.17, 15) is 4.39 Å². The summed E-state index contributed by atoms with van der Waals surface area (Å²) >= 11 is 6.82. The van der Waals surface area contributed by atoms with Crippen LogP contribution in [0.1, 0.15) is 18.1 Å². The molecular formula is C16H16Br2FNO. The summed E-state index contributed by atoms with van der Waals surface area (Å²) in [6.07, 6.45) is 0. The van der Waals surface area contributed by atoms with E-state index < -0.39 is 0 Å². The zero-order chi connectivity index (χ0) is 15.2. The van der Waals surface area contributed by atoms with Gasteiger partial charge in [-0.3, -0.25) is 0 Å². The van der Waals surface area contributed by atoms with Crippen molar-refractivity contribution in [3.05, 3.63) is 62.3 Å². The Morgan fingerprint density at radius 3 is 2.67 bits per heavy atom. The smallest absolute Gasteiger partial charge is 0.134 e. The summed E-state index contributed by atoms with van der Waals surface area (Å²) in [7, 11) is 0. The van der Waals surface area contributed by atoms with Crippen LogP contribution in [0.15, 0.2) is 45.3 Å². The molecule has 0 saturated carbocycles. The summed E-state index contributed by atoms with van der Waals surface area (Å²) in [6.45, 7) is 4.00. The molecule has 0 aliphatic rings. The molecule has 0 unspecified atom stereocenters. The predicted molar refractivity (Wildman–Crippen MR) is 90.0 cm³/mol. The van der Waals surface area contributed by atoms with Crippen LogP contribution in [0.25, 0.3) is 0 Å². The van der Waals surface area contributed by atoms with E-state index in [4.69, 9.17) is 4.74 Å². The van der Waals surface area contributed by atoms with Crippen molar-refractivity contribution >= 4 is 31.9 Å². The number of hydrogen-bond acceptors (Lipinski definition) is 2. The van der Waals surface area contributed by atoms with Gasteiger partial charge in [-0.15, -0.1) is 0 Å². The molecule has 0 aliphatic heterocycles. The Hall–Kier alpha value is -0.910. The van der Waals surface area contributed by atoms with Gasteiger partial charge < -0.3 is 10.1 Å². The molecule has 0 aromatic heterocycles. The van der Waals surface area contributed by atoms with Gasteiger partial charge in [0.05, 0.1) is 4.47 Å². The minimum absolute atomic E-state index is 0.191. The summed E-state index contributed by atoms with van der Waals surface area (Å²) in [4.78, 5) is 0. The van der Waals surface area contributed by atoms with E-state index in [1.165, 1.54) is 11.6 Å². The SMILES string of the molecule is CCNCc1ccc(OCc2cc(Br)ccc2F)c(Br)c1. The molecular weight excluding hydrogens is 401 g/mol. The summed E-state index contributed by atoms with van der Waals surface area (Å²) in [5.74, 6) is 0.438. The van der Waals surface area contributed by atoms with Crippen LogP contribution in [0.4, 0.5) is 4.39 Å². The standard InChI is InChI=1S/C16H16Br2FNO/c1-2-20-9-11-3-6-16(14(18)7-11)21-10-12-8-13(17)4-5-15(12)19/h3-8,20H,2,9-10H2,1H3. The fourth-order valence-electron chi connectivity index (χ4n) is 1.85. The largest absolute Gasteiger partial charge is 0.488 e. The first kappa shape index (κ1) is 16.5. The average molecular weight is 417 g/mol. The molecule has 2 rings (SSSR count). The quantitative estimate of drug-likeness (QED) is 0.712. The monoisotopic (exact) mass is 415 g/mol. The number of rotatable bonds is 6. The maximum atomic E-state index is 13.7. The Morgan fingerprint density at radius 1 is 1.14 bits per heavy atom. The molecule has 0 amide bonds. The van der Waals surface area contributed by atoms with Crippen LogP contribution >= 0.6 is 31.9 Å². The van der Waals surface area contributed by atoms with Gasteiger partial charge in [-0.25, -0.2) is 4.39 Å². The van der Waals surface area contributed by atoms with Crippen LogP contribution in [-0.4, -0.2) is 6.54 Å². The van der Waals surface area contributed by atoms with Gasteiger partial charge in [-0.2, -0.15) is 0 Å². The minimum atomic E-state index is -0.266. The Balaban J connectivity index is 2.04. The second kappa shape index (κ2) is 7.92. The van der Waals surface area contributed by atoms with E-state index in [0.29, 0.717) is 11.3 Å². The van der Waals surface area contributed by atoms with Crippen molar-refractivity contribution in [2.24, 2.45) is 0 Å². The fourth-order valence-corrected chi connectivity index (χ4v) is 2.80. The van der Waals surface area contributed by atoms with Gasteiger partial charge in [0.2, 0.25) is 0 Å². The van der Waals surface area contributed by atoms with Gasteiger partial charge >= 0.3 is 0 Å². The number of hydrogen-bond donors (Lipinski definition) is 1. The molecule has 0 spiro atoms. The van der Waals surface area contributed by atoms with Gasteiger partial charge in [0.25, 0.3) is 0 Å². The van der Waals surface area contributed by atoms with Gasteiger partial charge in [0, 0.05) is 16.6 Å². The van der Waals surface area contributed by atoms with Crippen LogP contribution < -0.4 is 10.1 Å². The van der Waals surface area contributed by atoms with Gasteiger partial charge in [-0.1, -0.05) is 28.9 Å². The molecule has 1 N–H and O–H groups in total. The topological polar surface area (TPSA) is 21.3 Å². The van der Waals surface area contributed by atoms with Crippen LogP contribution in [-0.2, 0) is 13.2 Å². The molecule has 0 bridgehead atoms. The second-order valence-corrected chi connectivity index (χ2v) is 6.34. The molecule has 0 heterocycles. The summed E-state index contributed by atoms with van der Waals surface area (Å²) in [6, 6.07) is 10.7. The molecule has 2 aromatic carbocycles. The number of ether oxygens (including phenoxy) is 1. The third-order valence-electron chi connectivity index (χ3n) is 2.97. The van der Waals surface area contributed by atoms with Gasteiger partial charge in [-0.05, 0) is 58.4 Å². The first-order valence-electron chi connectivity index (χ1n) is 6.66. The maximum Gasteiger partial charge on any atom is 0.134 e. The van der Waals surface area contributed by atoms with Crippen LogP contribution in [0.5, 0.6) is 5.75 Å². The van der Waals surface area contributed by atoms with Crippen molar-refractivity contribution < 1.29 is 9.13 Å². The number of benzene rings is 2. The molecule has 0 saturated heterocycles. The van der Waals surface area contributed by atoms with E-state index in [0.717, 1.165) is 22.0 Å². The van der Waals surface area contributed by atoms with E-state index in [-0.39, 0.29) is 12.4 Å². The Labute approximate surface area is 141 Å². The predicted octanol–water partition coefficient (Wildman–Crippen LogP) is 5.04. The highest BCUT2D eigenvalue weighted by atomic mass is 79.9. The Morgan fingerprint density at radius 2 is 1.95 bits per heavy atom. The summed E-state index contributed by atoms with van der Waals surface area (Å²) in [5.41, 5.74) is 1.69. The normalized spacial score (nSPS) is 10.7. The number of nitrogens with one attached hydrogen (secondary N) is 1. The van der Waals surface area contributed by atoms with Crippen molar-refractivity contribution in [3.8, 4) is 5.75 Å². The molecule has 0 atom stereocenters. The molecule has 2 nitrogen and oxygen atoms in total. The van der Waals surface area contributed by atoms with E-state index in [1.807, 2.05) is 18.2 Å². The Kier molecular flexibility index (Phi) is 6.21. The summed E-state index contributed by atoms with van der Waals surface area (Å²) in [5, 5.41) is 3.27. The van der Waals surface area contributed by atoms with Crippen LogP contribution in [0.3, 0.4) is 0 Å². The third kappa shape index (κ3) is 4.80. The van der Waals surface area contributed by atoms with Crippen molar-refractivity contribution in [1.29, 1.82) is 0 Å². The zero-order valence-electron chi connectivity index (χ0n) is 11.6. The average Bonchev–Trinajstić information content (AvgIpc) is 2.47. The lowest BCUT2D eigenvalue weighted by Gasteiger charge is -2.11. The molecule has 112 valence electrons. The maximum absolute atomic E-state index is 13.7. The highest BCUT2D eigenvalue weighted by Gasteiger charge is 2.07. The van der Waals surface area contributed by atoms with E-state index in [2.05, 4.69) is 44.1 Å². The lowest BCUT2D eigenvalue weighted by molar-refractivity contribution is 0.298. The third-order valence-corrected chi connectivity index (χ3v) is 4.08. The van der Waals surface area contributed by atoms with Gasteiger partial charge in [0.15, 0.2) is 0 Å². The molecule has 0 fully saturated rings. The first-order chi connectivity index (χ1) is 10.1. The lowest BCUT2D eigenvalue weighted by atomic mass is 10.2. The minimum Gasteiger partial charge on any atom is -0.488 e.